The van der Waals surface area contributed by atoms with Gasteiger partial charge in [-0.15, -0.1) is 0 Å². The number of oxazole rings is 1. The van der Waals surface area contributed by atoms with Gasteiger partial charge < -0.3 is 9.52 Å². The molecule has 0 fully saturated rings. The molecule has 2 rings (SSSR count). The summed E-state index contributed by atoms with van der Waals surface area (Å²) in [5, 5.41) is 12.4. The third kappa shape index (κ3) is 0.918. The van der Waals surface area contributed by atoms with E-state index in [1.54, 1.807) is 0 Å². The van der Waals surface area contributed by atoms with Gasteiger partial charge in [0.2, 0.25) is 11.5 Å². The number of halogens is 1. The number of carbonyl (C=O) groups is 1. The quantitative estimate of drug-likeness (QED) is 0.804. The van der Waals surface area contributed by atoms with Gasteiger partial charge in [0.25, 0.3) is 0 Å². The fourth-order valence-corrected chi connectivity index (χ4v) is 1.21. The van der Waals surface area contributed by atoms with Gasteiger partial charge >= 0.3 is 5.97 Å². The van der Waals surface area contributed by atoms with Crippen molar-refractivity contribution in [3.63, 3.8) is 0 Å². The third-order valence-electron chi connectivity index (χ3n) is 1.36. The van der Waals surface area contributed by atoms with Gasteiger partial charge in [0.15, 0.2) is 0 Å². The Hall–Kier alpha value is -1.30. The van der Waals surface area contributed by atoms with E-state index in [1.807, 2.05) is 0 Å². The molecule has 2 aromatic rings. The zero-order chi connectivity index (χ0) is 8.72. The maximum absolute atomic E-state index is 10.4. The highest BCUT2D eigenvalue weighted by molar-refractivity contribution is 9.10. The molecule has 0 aromatic carbocycles. The molecule has 0 saturated carbocycles. The van der Waals surface area contributed by atoms with E-state index in [1.165, 1.54) is 16.9 Å². The van der Waals surface area contributed by atoms with Crippen LogP contribution in [0, 0.1) is 0 Å². The van der Waals surface area contributed by atoms with Gasteiger partial charge in [-0.25, -0.2) is 9.31 Å². The molecule has 62 valence electrons. The van der Waals surface area contributed by atoms with E-state index in [-0.39, 0.29) is 5.76 Å². The Morgan fingerprint density at radius 1 is 1.75 bits per heavy atom. The van der Waals surface area contributed by atoms with Crippen LogP contribution in [0.15, 0.2) is 21.3 Å². The number of aromatic carboxylic acids is 1. The molecule has 12 heavy (non-hydrogen) atoms. The second-order valence-electron chi connectivity index (χ2n) is 2.14. The number of hydrogen-bond donors (Lipinski definition) is 1. The van der Waals surface area contributed by atoms with Crippen LogP contribution in [0.2, 0.25) is 0 Å². The van der Waals surface area contributed by atoms with Crippen molar-refractivity contribution in [1.29, 1.82) is 0 Å². The van der Waals surface area contributed by atoms with Crippen LogP contribution in [-0.2, 0) is 0 Å². The van der Waals surface area contributed by atoms with Gasteiger partial charge in [-0.2, -0.15) is 5.10 Å². The Kier molecular flexibility index (Phi) is 1.44. The van der Waals surface area contributed by atoms with Gasteiger partial charge in [-0.05, 0) is 15.9 Å². The first-order valence-corrected chi connectivity index (χ1v) is 3.84. The van der Waals surface area contributed by atoms with Gasteiger partial charge in [-0.3, -0.25) is 0 Å². The number of nitrogens with zero attached hydrogens (tertiary/aromatic N) is 2. The smallest absolute Gasteiger partial charge is 0.373 e. The molecule has 2 aromatic heterocycles. The SMILES string of the molecule is O=C(O)c1cn2ncc(Br)c2o1. The molecule has 0 unspecified atom stereocenters. The van der Waals surface area contributed by atoms with Crippen LogP contribution in [0.1, 0.15) is 10.6 Å². The summed E-state index contributed by atoms with van der Waals surface area (Å²) in [5.41, 5.74) is 0.396. The molecule has 0 spiro atoms. The topological polar surface area (TPSA) is 67.7 Å². The molecular formula is C6H3BrN2O3. The lowest BCUT2D eigenvalue weighted by Gasteiger charge is -1.80. The number of fused-ring (bicyclic) bond motifs is 1. The first-order valence-electron chi connectivity index (χ1n) is 3.04. The molecule has 2 heterocycles. The summed E-state index contributed by atoms with van der Waals surface area (Å²) >= 11 is 3.16. The molecule has 6 heteroatoms. The van der Waals surface area contributed by atoms with Crippen molar-refractivity contribution in [3.05, 3.63) is 22.6 Å². The first kappa shape index (κ1) is 7.35. The molecule has 0 bridgehead atoms. The van der Waals surface area contributed by atoms with Crippen LogP contribution in [0.3, 0.4) is 0 Å². The van der Waals surface area contributed by atoms with Gasteiger partial charge in [-0.1, -0.05) is 0 Å². The second-order valence-corrected chi connectivity index (χ2v) is 3.00. The average molecular weight is 231 g/mol. The summed E-state index contributed by atoms with van der Waals surface area (Å²) < 4.78 is 6.94. The molecule has 0 radical (unpaired) electrons. The first-order chi connectivity index (χ1) is 5.68. The van der Waals surface area contributed by atoms with E-state index in [0.717, 1.165) is 0 Å². The van der Waals surface area contributed by atoms with Crippen LogP contribution >= 0.6 is 15.9 Å². The monoisotopic (exact) mass is 230 g/mol. The molecule has 0 aliphatic carbocycles. The number of rotatable bonds is 1. The van der Waals surface area contributed by atoms with Crippen LogP contribution < -0.4 is 0 Å². The Bertz CT molecular complexity index is 445. The maximum Gasteiger partial charge on any atom is 0.373 e. The number of aromatic nitrogens is 2. The minimum atomic E-state index is -1.10. The zero-order valence-electron chi connectivity index (χ0n) is 5.69. The Labute approximate surface area is 74.7 Å². The fourth-order valence-electron chi connectivity index (χ4n) is 0.858. The van der Waals surface area contributed by atoms with Crippen molar-refractivity contribution in [2.45, 2.75) is 0 Å². The van der Waals surface area contributed by atoms with Crippen molar-refractivity contribution >= 4 is 27.6 Å². The van der Waals surface area contributed by atoms with E-state index in [4.69, 9.17) is 9.52 Å². The highest BCUT2D eigenvalue weighted by atomic mass is 79.9. The molecule has 0 aliphatic rings. The van der Waals surface area contributed by atoms with Crippen LogP contribution in [0.4, 0.5) is 0 Å². The van der Waals surface area contributed by atoms with Crippen LogP contribution in [0.25, 0.3) is 5.71 Å². The second kappa shape index (κ2) is 2.34. The lowest BCUT2D eigenvalue weighted by molar-refractivity contribution is 0.0665. The number of carboxylic acid groups (broad SMARTS) is 1. The summed E-state index contributed by atoms with van der Waals surface area (Å²) in [5.74, 6) is -1.23. The highest BCUT2D eigenvalue weighted by Crippen LogP contribution is 2.19. The minimum absolute atomic E-state index is 0.126. The lowest BCUT2D eigenvalue weighted by Crippen LogP contribution is -1.92. The molecule has 5 nitrogen and oxygen atoms in total. The van der Waals surface area contributed by atoms with E-state index >= 15 is 0 Å². The number of hydrogen-bond acceptors (Lipinski definition) is 3. The Morgan fingerprint density at radius 2 is 2.50 bits per heavy atom. The molecule has 1 N–H and O–H groups in total. The molecule has 0 atom stereocenters. The Balaban J connectivity index is 2.70. The minimum Gasteiger partial charge on any atom is -0.475 e. The molecule has 0 saturated heterocycles. The summed E-state index contributed by atoms with van der Waals surface area (Å²) in [6.45, 7) is 0. The molecule has 0 aliphatic heterocycles. The van der Waals surface area contributed by atoms with Gasteiger partial charge in [0, 0.05) is 0 Å². The van der Waals surface area contributed by atoms with Crippen LogP contribution in [-0.4, -0.2) is 20.7 Å². The van der Waals surface area contributed by atoms with E-state index in [9.17, 15) is 4.79 Å². The van der Waals surface area contributed by atoms with Crippen molar-refractivity contribution in [1.82, 2.24) is 9.61 Å². The maximum atomic E-state index is 10.4. The number of carboxylic acids is 1. The predicted octanol–water partition coefficient (Wildman–Crippen LogP) is 1.39. The van der Waals surface area contributed by atoms with Crippen molar-refractivity contribution < 1.29 is 14.3 Å². The van der Waals surface area contributed by atoms with E-state index in [2.05, 4.69) is 21.0 Å². The molecule has 0 amide bonds. The van der Waals surface area contributed by atoms with E-state index in [0.29, 0.717) is 10.2 Å². The standard InChI is InChI=1S/C6H3BrN2O3/c7-3-1-8-9-2-4(6(10)11)12-5(3)9/h1-2H,(H,10,11). The summed E-state index contributed by atoms with van der Waals surface area (Å²) in [4.78, 5) is 10.4. The summed E-state index contributed by atoms with van der Waals surface area (Å²) in [7, 11) is 0. The zero-order valence-corrected chi connectivity index (χ0v) is 7.28. The largest absolute Gasteiger partial charge is 0.475 e. The Morgan fingerprint density at radius 3 is 3.08 bits per heavy atom. The predicted molar refractivity (Wildman–Crippen MR) is 42.1 cm³/mol. The lowest BCUT2D eigenvalue weighted by atomic mass is 10.5. The van der Waals surface area contributed by atoms with Gasteiger partial charge in [0.05, 0.1) is 12.4 Å². The summed E-state index contributed by atoms with van der Waals surface area (Å²) in [6, 6.07) is 0. The molecular weight excluding hydrogens is 228 g/mol. The van der Waals surface area contributed by atoms with Crippen molar-refractivity contribution in [2.24, 2.45) is 0 Å². The van der Waals surface area contributed by atoms with E-state index < -0.39 is 5.97 Å². The van der Waals surface area contributed by atoms with Gasteiger partial charge in [0.1, 0.15) is 4.47 Å². The van der Waals surface area contributed by atoms with Crippen molar-refractivity contribution in [2.75, 3.05) is 0 Å². The fraction of sp³-hybridized carbons (Fsp3) is 0. The normalized spacial score (nSPS) is 10.8. The average Bonchev–Trinajstić information content (AvgIpc) is 2.53. The van der Waals surface area contributed by atoms with Crippen molar-refractivity contribution in [3.8, 4) is 0 Å². The van der Waals surface area contributed by atoms with Crippen LogP contribution in [0.5, 0.6) is 0 Å². The third-order valence-corrected chi connectivity index (χ3v) is 1.91. The highest BCUT2D eigenvalue weighted by Gasteiger charge is 2.12. The summed E-state index contributed by atoms with van der Waals surface area (Å²) in [6.07, 6.45) is 2.84.